The van der Waals surface area contributed by atoms with E-state index in [1.54, 1.807) is 12.4 Å². The van der Waals surface area contributed by atoms with Gasteiger partial charge in [0.15, 0.2) is 6.10 Å². The quantitative estimate of drug-likeness (QED) is 0.559. The Labute approximate surface area is 165 Å². The van der Waals surface area contributed by atoms with E-state index in [9.17, 15) is 9.90 Å². The van der Waals surface area contributed by atoms with Crippen LogP contribution < -0.4 is 15.7 Å². The lowest BCUT2D eigenvalue weighted by Gasteiger charge is -2.33. The highest BCUT2D eigenvalue weighted by Gasteiger charge is 2.52. The molecule has 2 unspecified atom stereocenters. The number of nitrogens with zero attached hydrogens (tertiary/aromatic N) is 3. The molecule has 3 heterocycles. The van der Waals surface area contributed by atoms with Gasteiger partial charge in [0.1, 0.15) is 0 Å². The first-order valence-corrected chi connectivity index (χ1v) is 9.65. The smallest absolute Gasteiger partial charge is 0.399 e. The molecule has 0 aromatic carbocycles. The average Bonchev–Trinajstić information content (AvgIpc) is 2.88. The summed E-state index contributed by atoms with van der Waals surface area (Å²) in [5.74, 6) is 0.00768. The van der Waals surface area contributed by atoms with E-state index in [4.69, 9.17) is 14.4 Å². The van der Waals surface area contributed by atoms with Crippen molar-refractivity contribution >= 4 is 24.4 Å². The van der Waals surface area contributed by atoms with Crippen LogP contribution in [0.15, 0.2) is 12.4 Å². The van der Waals surface area contributed by atoms with Crippen molar-refractivity contribution in [2.75, 3.05) is 24.6 Å². The molecule has 1 aromatic heterocycles. The van der Waals surface area contributed by atoms with Gasteiger partial charge in [-0.05, 0) is 40.5 Å². The number of carbonyl (C=O) groups is 1. The SMILES string of the molecule is CC1(C)OB(c2cnc(N3CCCC(NC(=O)C(O)CO)C3)nc2)OC1(C)C. The Hall–Kier alpha value is -1.75. The predicted molar refractivity (Wildman–Crippen MR) is 104 cm³/mol. The zero-order valence-corrected chi connectivity index (χ0v) is 16.9. The number of rotatable bonds is 5. The van der Waals surface area contributed by atoms with Gasteiger partial charge >= 0.3 is 7.12 Å². The molecule has 0 bridgehead atoms. The van der Waals surface area contributed by atoms with E-state index >= 15 is 0 Å². The number of aliphatic hydroxyl groups excluding tert-OH is 2. The number of hydrogen-bond acceptors (Lipinski definition) is 8. The van der Waals surface area contributed by atoms with Gasteiger partial charge in [-0.25, -0.2) is 9.97 Å². The zero-order valence-electron chi connectivity index (χ0n) is 16.9. The minimum Gasteiger partial charge on any atom is -0.399 e. The molecule has 0 saturated carbocycles. The van der Waals surface area contributed by atoms with Crippen molar-refractivity contribution < 1.29 is 24.3 Å². The normalized spacial score (nSPS) is 24.9. The third-order valence-corrected chi connectivity index (χ3v) is 5.71. The molecular formula is C18H29BN4O5. The molecular weight excluding hydrogens is 363 g/mol. The van der Waals surface area contributed by atoms with Gasteiger partial charge in [-0.15, -0.1) is 0 Å². The third kappa shape index (κ3) is 4.30. The molecule has 28 heavy (non-hydrogen) atoms. The van der Waals surface area contributed by atoms with Crippen molar-refractivity contribution in [1.29, 1.82) is 0 Å². The molecule has 2 saturated heterocycles. The van der Waals surface area contributed by atoms with E-state index in [1.165, 1.54) is 0 Å². The lowest BCUT2D eigenvalue weighted by atomic mass is 9.81. The summed E-state index contributed by atoms with van der Waals surface area (Å²) in [4.78, 5) is 22.7. The van der Waals surface area contributed by atoms with Gasteiger partial charge in [0, 0.05) is 37.0 Å². The highest BCUT2D eigenvalue weighted by molar-refractivity contribution is 6.61. The summed E-state index contributed by atoms with van der Waals surface area (Å²) in [6.45, 7) is 8.72. The number of aromatic nitrogens is 2. The van der Waals surface area contributed by atoms with Crippen LogP contribution in [-0.4, -0.2) is 76.3 Å². The number of amides is 1. The Morgan fingerprint density at radius 2 is 1.93 bits per heavy atom. The maximum Gasteiger partial charge on any atom is 0.498 e. The van der Waals surface area contributed by atoms with Crippen molar-refractivity contribution in [1.82, 2.24) is 15.3 Å². The number of anilines is 1. The molecule has 0 radical (unpaired) electrons. The second kappa shape index (κ2) is 7.94. The van der Waals surface area contributed by atoms with E-state index < -0.39 is 36.9 Å². The lowest BCUT2D eigenvalue weighted by Crippen LogP contribution is -2.51. The first-order valence-electron chi connectivity index (χ1n) is 9.65. The second-order valence-corrected chi connectivity index (χ2v) is 8.40. The minimum atomic E-state index is -1.40. The summed E-state index contributed by atoms with van der Waals surface area (Å²) < 4.78 is 12.0. The molecule has 0 aliphatic carbocycles. The van der Waals surface area contributed by atoms with E-state index in [-0.39, 0.29) is 6.04 Å². The maximum atomic E-state index is 11.8. The molecule has 2 atom stereocenters. The van der Waals surface area contributed by atoms with Crippen molar-refractivity contribution in [3.8, 4) is 0 Å². The first kappa shape index (κ1) is 21.0. The fourth-order valence-electron chi connectivity index (χ4n) is 3.25. The lowest BCUT2D eigenvalue weighted by molar-refractivity contribution is -0.131. The molecule has 3 N–H and O–H groups in total. The van der Waals surface area contributed by atoms with E-state index in [0.717, 1.165) is 24.8 Å². The molecule has 2 aliphatic rings. The number of carbonyl (C=O) groups excluding carboxylic acids is 1. The van der Waals surface area contributed by atoms with Crippen LogP contribution in [0.25, 0.3) is 0 Å². The van der Waals surface area contributed by atoms with E-state index in [0.29, 0.717) is 12.5 Å². The summed E-state index contributed by atoms with van der Waals surface area (Å²) in [6, 6.07) is -0.131. The topological polar surface area (TPSA) is 117 Å². The molecule has 154 valence electrons. The summed E-state index contributed by atoms with van der Waals surface area (Å²) in [5, 5.41) is 21.1. The van der Waals surface area contributed by atoms with Gasteiger partial charge in [0.2, 0.25) is 5.95 Å². The van der Waals surface area contributed by atoms with Crippen LogP contribution in [0.5, 0.6) is 0 Å². The summed E-state index contributed by atoms with van der Waals surface area (Å²) in [5.41, 5.74) is -0.0861. The highest BCUT2D eigenvalue weighted by atomic mass is 16.7. The van der Waals surface area contributed by atoms with Crippen LogP contribution in [0, 0.1) is 0 Å². The van der Waals surface area contributed by atoms with Crippen molar-refractivity contribution in [2.24, 2.45) is 0 Å². The summed E-state index contributed by atoms with van der Waals surface area (Å²) in [6.07, 6.45) is 3.69. The Bertz CT molecular complexity index is 684. The van der Waals surface area contributed by atoms with Crippen LogP contribution in [0.4, 0.5) is 5.95 Å². The minimum absolute atomic E-state index is 0.131. The van der Waals surface area contributed by atoms with Crippen molar-refractivity contribution in [3.05, 3.63) is 12.4 Å². The fraction of sp³-hybridized carbons (Fsp3) is 0.722. The van der Waals surface area contributed by atoms with E-state index in [1.807, 2.05) is 32.6 Å². The number of hydrogen-bond donors (Lipinski definition) is 3. The average molecular weight is 392 g/mol. The Morgan fingerprint density at radius 3 is 2.50 bits per heavy atom. The third-order valence-electron chi connectivity index (χ3n) is 5.71. The van der Waals surface area contributed by atoms with Crippen LogP contribution in [-0.2, 0) is 14.1 Å². The number of aliphatic hydroxyl groups is 2. The maximum absolute atomic E-state index is 11.8. The predicted octanol–water partition coefficient (Wildman–Crippen LogP) is -0.786. The van der Waals surface area contributed by atoms with Crippen LogP contribution in [0.3, 0.4) is 0 Å². The van der Waals surface area contributed by atoms with Crippen LogP contribution in [0.1, 0.15) is 40.5 Å². The van der Waals surface area contributed by atoms with Gasteiger partial charge in [-0.1, -0.05) is 0 Å². The molecule has 9 nitrogen and oxygen atoms in total. The standard InChI is InChI=1S/C18H29BN4O5/c1-17(2)18(3,4)28-19(27-17)12-8-20-16(21-9-12)23-7-5-6-13(10-23)22-15(26)14(25)11-24/h8-9,13-14,24-25H,5-7,10-11H2,1-4H3,(H,22,26). The molecule has 1 aromatic rings. The fourth-order valence-corrected chi connectivity index (χ4v) is 3.25. The van der Waals surface area contributed by atoms with Gasteiger partial charge < -0.3 is 29.7 Å². The van der Waals surface area contributed by atoms with Crippen LogP contribution in [0.2, 0.25) is 0 Å². The molecule has 2 aliphatic heterocycles. The Balaban J connectivity index is 1.63. The number of nitrogens with one attached hydrogen (secondary N) is 1. The Morgan fingerprint density at radius 1 is 1.32 bits per heavy atom. The van der Waals surface area contributed by atoms with E-state index in [2.05, 4.69) is 15.3 Å². The van der Waals surface area contributed by atoms with Gasteiger partial charge in [-0.3, -0.25) is 4.79 Å². The van der Waals surface area contributed by atoms with Gasteiger partial charge in [-0.2, -0.15) is 0 Å². The Kier molecular flexibility index (Phi) is 5.95. The first-order chi connectivity index (χ1) is 13.1. The summed E-state index contributed by atoms with van der Waals surface area (Å²) in [7, 11) is -0.507. The number of piperidine rings is 1. The molecule has 3 rings (SSSR count). The van der Waals surface area contributed by atoms with Crippen molar-refractivity contribution in [3.63, 3.8) is 0 Å². The summed E-state index contributed by atoms with van der Waals surface area (Å²) >= 11 is 0. The molecule has 1 amide bonds. The molecule has 0 spiro atoms. The highest BCUT2D eigenvalue weighted by Crippen LogP contribution is 2.36. The largest absolute Gasteiger partial charge is 0.498 e. The zero-order chi connectivity index (χ0) is 20.5. The van der Waals surface area contributed by atoms with Gasteiger partial charge in [0.25, 0.3) is 5.91 Å². The second-order valence-electron chi connectivity index (χ2n) is 8.40. The van der Waals surface area contributed by atoms with Crippen LogP contribution >= 0.6 is 0 Å². The van der Waals surface area contributed by atoms with Crippen molar-refractivity contribution in [2.45, 2.75) is 63.9 Å². The molecule has 10 heteroatoms. The molecule has 2 fully saturated rings. The van der Waals surface area contributed by atoms with Gasteiger partial charge in [0.05, 0.1) is 17.8 Å². The monoisotopic (exact) mass is 392 g/mol.